The number of hydrogen-bond acceptors (Lipinski definition) is 5. The van der Waals surface area contributed by atoms with Crippen molar-refractivity contribution in [3.63, 3.8) is 0 Å². The Hall–Kier alpha value is -1.66. The van der Waals surface area contributed by atoms with Crippen molar-refractivity contribution in [1.82, 2.24) is 24.6 Å². The van der Waals surface area contributed by atoms with Crippen molar-refractivity contribution in [2.75, 3.05) is 0 Å². The summed E-state index contributed by atoms with van der Waals surface area (Å²) in [6.45, 7) is 1.88. The minimum Gasteiger partial charge on any atom is -0.277 e. The smallest absolute Gasteiger partial charge is 0.201 e. The molecule has 0 aliphatic rings. The van der Waals surface area contributed by atoms with Crippen LogP contribution in [0.4, 0.5) is 0 Å². The molecular formula is C11H8ClN5S. The van der Waals surface area contributed by atoms with E-state index in [4.69, 9.17) is 11.6 Å². The Kier molecular flexibility index (Phi) is 2.89. The van der Waals surface area contributed by atoms with Gasteiger partial charge < -0.3 is 0 Å². The minimum absolute atomic E-state index is 0.460. The van der Waals surface area contributed by atoms with E-state index in [0.717, 1.165) is 21.4 Å². The normalized spacial score (nSPS) is 11.0. The zero-order chi connectivity index (χ0) is 12.5. The van der Waals surface area contributed by atoms with Gasteiger partial charge in [0.15, 0.2) is 5.65 Å². The number of pyridine rings is 1. The van der Waals surface area contributed by atoms with Crippen LogP contribution in [0.1, 0.15) is 5.56 Å². The first-order valence-corrected chi connectivity index (χ1v) is 6.40. The van der Waals surface area contributed by atoms with Gasteiger partial charge in [-0.05, 0) is 30.8 Å². The van der Waals surface area contributed by atoms with E-state index in [2.05, 4.69) is 20.2 Å². The maximum absolute atomic E-state index is 5.96. The first-order chi connectivity index (χ1) is 8.75. The van der Waals surface area contributed by atoms with Crippen molar-refractivity contribution in [3.05, 3.63) is 41.4 Å². The van der Waals surface area contributed by atoms with Gasteiger partial charge in [0.2, 0.25) is 5.16 Å². The van der Waals surface area contributed by atoms with Gasteiger partial charge in [-0.1, -0.05) is 17.7 Å². The van der Waals surface area contributed by atoms with Crippen molar-refractivity contribution in [2.24, 2.45) is 0 Å². The second-order valence-electron chi connectivity index (χ2n) is 3.61. The van der Waals surface area contributed by atoms with Crippen LogP contribution in [0.3, 0.4) is 0 Å². The lowest BCUT2D eigenvalue weighted by atomic mass is 10.4. The number of aromatic nitrogens is 5. The van der Waals surface area contributed by atoms with Crippen molar-refractivity contribution < 1.29 is 0 Å². The van der Waals surface area contributed by atoms with Crippen LogP contribution in [-0.2, 0) is 0 Å². The monoisotopic (exact) mass is 277 g/mol. The number of rotatable bonds is 2. The molecule has 5 nitrogen and oxygen atoms in total. The van der Waals surface area contributed by atoms with Gasteiger partial charge in [-0.2, -0.15) is 0 Å². The third-order valence-electron chi connectivity index (χ3n) is 2.45. The predicted molar refractivity (Wildman–Crippen MR) is 68.9 cm³/mol. The zero-order valence-electron chi connectivity index (χ0n) is 9.41. The van der Waals surface area contributed by atoms with Crippen molar-refractivity contribution in [2.45, 2.75) is 17.1 Å². The van der Waals surface area contributed by atoms with Crippen molar-refractivity contribution >= 4 is 29.0 Å². The Morgan fingerprint density at radius 2 is 2.11 bits per heavy atom. The highest BCUT2D eigenvalue weighted by Crippen LogP contribution is 2.29. The van der Waals surface area contributed by atoms with E-state index in [1.54, 1.807) is 0 Å². The van der Waals surface area contributed by atoms with Gasteiger partial charge in [0, 0.05) is 11.8 Å². The number of nitrogens with zero attached hydrogens (tertiary/aromatic N) is 5. The molecule has 0 fully saturated rings. The molecule has 0 saturated heterocycles. The largest absolute Gasteiger partial charge is 0.277 e. The van der Waals surface area contributed by atoms with Crippen LogP contribution >= 0.6 is 23.4 Å². The summed E-state index contributed by atoms with van der Waals surface area (Å²) in [6.07, 6.45) is 3.36. The second kappa shape index (κ2) is 4.55. The highest BCUT2D eigenvalue weighted by molar-refractivity contribution is 7.99. The van der Waals surface area contributed by atoms with Gasteiger partial charge in [-0.3, -0.25) is 4.40 Å². The molecule has 3 rings (SSSR count). The van der Waals surface area contributed by atoms with Crippen LogP contribution in [0.5, 0.6) is 0 Å². The van der Waals surface area contributed by atoms with Crippen LogP contribution in [0.2, 0.25) is 5.15 Å². The summed E-state index contributed by atoms with van der Waals surface area (Å²) in [5.41, 5.74) is 1.65. The first-order valence-electron chi connectivity index (χ1n) is 5.20. The fourth-order valence-corrected chi connectivity index (χ4v) is 2.54. The fraction of sp³-hybridized carbons (Fsp3) is 0.0909. The van der Waals surface area contributed by atoms with E-state index in [1.165, 1.54) is 18.1 Å². The number of hydrogen-bond donors (Lipinski definition) is 0. The summed E-state index contributed by atoms with van der Waals surface area (Å²) >= 11 is 7.38. The summed E-state index contributed by atoms with van der Waals surface area (Å²) in [4.78, 5) is 8.14. The van der Waals surface area contributed by atoms with Gasteiger partial charge in [0.05, 0.1) is 0 Å². The summed E-state index contributed by atoms with van der Waals surface area (Å²) in [5.74, 6) is 0. The predicted octanol–water partition coefficient (Wildman–Crippen LogP) is 2.63. The molecule has 0 radical (unpaired) electrons. The first kappa shape index (κ1) is 11.4. The molecule has 0 aromatic carbocycles. The third-order valence-corrected chi connectivity index (χ3v) is 3.89. The van der Waals surface area contributed by atoms with Gasteiger partial charge >= 0.3 is 0 Å². The lowest BCUT2D eigenvalue weighted by molar-refractivity contribution is 0.910. The summed E-state index contributed by atoms with van der Waals surface area (Å²) < 4.78 is 1.90. The molecule has 3 heterocycles. The molecular weight excluding hydrogens is 270 g/mol. The van der Waals surface area contributed by atoms with Gasteiger partial charge in [-0.25, -0.2) is 9.97 Å². The van der Waals surface area contributed by atoms with E-state index in [-0.39, 0.29) is 0 Å². The molecule has 18 heavy (non-hydrogen) atoms. The average molecular weight is 278 g/mol. The maximum atomic E-state index is 5.96. The highest BCUT2D eigenvalue weighted by atomic mass is 35.5. The number of fused-ring (bicyclic) bond motifs is 1. The zero-order valence-corrected chi connectivity index (χ0v) is 11.0. The third kappa shape index (κ3) is 1.93. The van der Waals surface area contributed by atoms with E-state index < -0.39 is 0 Å². The molecule has 0 aliphatic carbocycles. The number of halogens is 1. The molecule has 0 unspecified atom stereocenters. The highest BCUT2D eigenvalue weighted by Gasteiger charge is 2.11. The lowest BCUT2D eigenvalue weighted by Gasteiger charge is -2.03. The average Bonchev–Trinajstić information content (AvgIpc) is 2.79. The van der Waals surface area contributed by atoms with E-state index in [9.17, 15) is 0 Å². The Morgan fingerprint density at radius 1 is 1.22 bits per heavy atom. The van der Waals surface area contributed by atoms with E-state index >= 15 is 0 Å². The molecule has 0 bridgehead atoms. The van der Waals surface area contributed by atoms with Gasteiger partial charge in [0.1, 0.15) is 16.5 Å². The topological polar surface area (TPSA) is 56.0 Å². The molecule has 0 saturated carbocycles. The molecule has 0 N–H and O–H groups in total. The van der Waals surface area contributed by atoms with Crippen molar-refractivity contribution in [3.8, 4) is 0 Å². The molecule has 7 heteroatoms. The Balaban J connectivity index is 2.04. The fourth-order valence-electron chi connectivity index (χ4n) is 1.49. The Morgan fingerprint density at radius 3 is 3.00 bits per heavy atom. The molecule has 0 aliphatic heterocycles. The minimum atomic E-state index is 0.460. The van der Waals surface area contributed by atoms with Gasteiger partial charge in [0.25, 0.3) is 0 Å². The van der Waals surface area contributed by atoms with Crippen LogP contribution in [0.25, 0.3) is 5.65 Å². The molecule has 0 spiro atoms. The molecule has 90 valence electrons. The molecule has 0 amide bonds. The lowest BCUT2D eigenvalue weighted by Crippen LogP contribution is -1.92. The van der Waals surface area contributed by atoms with Gasteiger partial charge in [-0.15, -0.1) is 10.2 Å². The quantitative estimate of drug-likeness (QED) is 0.674. The molecule has 3 aromatic rings. The van der Waals surface area contributed by atoms with Crippen molar-refractivity contribution in [1.29, 1.82) is 0 Å². The van der Waals surface area contributed by atoms with E-state index in [0.29, 0.717) is 5.15 Å². The van der Waals surface area contributed by atoms with Crippen LogP contribution in [-0.4, -0.2) is 24.6 Å². The summed E-state index contributed by atoms with van der Waals surface area (Å²) in [5, 5.41) is 10.2. The summed E-state index contributed by atoms with van der Waals surface area (Å²) in [7, 11) is 0. The summed E-state index contributed by atoms with van der Waals surface area (Å²) in [6, 6.07) is 5.75. The standard InChI is InChI=1S/C11H8ClN5S/c1-7-9(12)13-6-14-10(7)18-11-16-15-8-4-2-3-5-17(8)11/h2-6H,1H3. The van der Waals surface area contributed by atoms with Crippen LogP contribution in [0, 0.1) is 6.92 Å². The maximum Gasteiger partial charge on any atom is 0.201 e. The second-order valence-corrected chi connectivity index (χ2v) is 4.92. The van der Waals surface area contributed by atoms with E-state index in [1.807, 2.05) is 35.7 Å². The SMILES string of the molecule is Cc1c(Cl)ncnc1Sc1nnc2ccccn12. The van der Waals surface area contributed by atoms with Crippen LogP contribution < -0.4 is 0 Å². The molecule has 0 atom stereocenters. The Labute approximate surface area is 112 Å². The van der Waals surface area contributed by atoms with Crippen LogP contribution in [0.15, 0.2) is 40.9 Å². The molecule has 3 aromatic heterocycles. The Bertz CT molecular complexity index is 711.